The van der Waals surface area contributed by atoms with Crippen LogP contribution in [0.1, 0.15) is 16.2 Å². The zero-order valence-corrected chi connectivity index (χ0v) is 15.0. The van der Waals surface area contributed by atoms with Crippen LogP contribution in [0.25, 0.3) is 11.1 Å². The van der Waals surface area contributed by atoms with Crippen LogP contribution in [0.3, 0.4) is 0 Å². The highest BCUT2D eigenvalue weighted by Gasteiger charge is 2.40. The fourth-order valence-corrected chi connectivity index (χ4v) is 3.25. The number of carbonyl (C=O) groups excluding carboxylic acids is 1. The summed E-state index contributed by atoms with van der Waals surface area (Å²) in [5.74, 6) is -0.359. The maximum atomic E-state index is 12.0. The van der Waals surface area contributed by atoms with Gasteiger partial charge in [-0.3, -0.25) is 4.79 Å². The quantitative estimate of drug-likeness (QED) is 0.735. The Labute approximate surface area is 154 Å². The van der Waals surface area contributed by atoms with Gasteiger partial charge in [-0.25, -0.2) is 9.97 Å². The topological polar surface area (TPSA) is 118 Å². The molecule has 0 aliphatic carbocycles. The minimum Gasteiger partial charge on any atom is -0.394 e. The fraction of sp³-hybridized carbons (Fsp3) is 0.312. The molecular formula is C16H17Cl2N5O2. The Morgan fingerprint density at radius 2 is 2.04 bits per heavy atom. The molecule has 0 saturated carbocycles. The molecule has 1 aliphatic heterocycles. The van der Waals surface area contributed by atoms with Crippen molar-refractivity contribution in [1.29, 1.82) is 0 Å². The second-order valence-corrected chi connectivity index (χ2v) is 6.96. The highest BCUT2D eigenvalue weighted by atomic mass is 35.5. The Morgan fingerprint density at radius 1 is 1.36 bits per heavy atom. The molecule has 1 aromatic carbocycles. The van der Waals surface area contributed by atoms with Crippen LogP contribution in [0.4, 0.5) is 5.95 Å². The van der Waals surface area contributed by atoms with Crippen LogP contribution in [0.5, 0.6) is 0 Å². The molecule has 25 heavy (non-hydrogen) atoms. The van der Waals surface area contributed by atoms with Crippen molar-refractivity contribution in [3.8, 4) is 11.1 Å². The van der Waals surface area contributed by atoms with Crippen LogP contribution >= 0.6 is 23.2 Å². The molecule has 5 N–H and O–H groups in total. The molecule has 9 heteroatoms. The summed E-state index contributed by atoms with van der Waals surface area (Å²) in [7, 11) is 0. The molecule has 2 heterocycles. The van der Waals surface area contributed by atoms with E-state index in [9.17, 15) is 9.90 Å². The first-order valence-electron chi connectivity index (χ1n) is 7.53. The maximum Gasteiger partial charge on any atom is 0.268 e. The predicted molar refractivity (Wildman–Crippen MR) is 97.0 cm³/mol. The molecule has 0 spiro atoms. The number of hydrogen-bond donors (Lipinski definition) is 3. The van der Waals surface area contributed by atoms with E-state index < -0.39 is 11.4 Å². The van der Waals surface area contributed by atoms with Gasteiger partial charge in [0.1, 0.15) is 5.69 Å². The summed E-state index contributed by atoms with van der Waals surface area (Å²) in [4.78, 5) is 22.5. The van der Waals surface area contributed by atoms with Gasteiger partial charge < -0.3 is 21.5 Å². The number of aryl methyl sites for hydroxylation is 1. The number of carbonyl (C=O) groups is 1. The molecule has 1 fully saturated rings. The maximum absolute atomic E-state index is 12.0. The Hall–Kier alpha value is -1.93. The highest BCUT2D eigenvalue weighted by Crippen LogP contribution is 2.37. The molecule has 132 valence electrons. The molecule has 1 amide bonds. The Bertz CT molecular complexity index is 853. The first-order valence-corrected chi connectivity index (χ1v) is 8.29. The molecule has 0 atom stereocenters. The van der Waals surface area contributed by atoms with E-state index in [0.717, 1.165) is 0 Å². The molecule has 0 unspecified atom stereocenters. The van der Waals surface area contributed by atoms with Gasteiger partial charge in [0.2, 0.25) is 5.95 Å². The van der Waals surface area contributed by atoms with E-state index in [-0.39, 0.29) is 12.3 Å². The van der Waals surface area contributed by atoms with Gasteiger partial charge in [-0.05, 0) is 13.0 Å². The number of nitrogens with two attached hydrogens (primary N) is 2. The van der Waals surface area contributed by atoms with Crippen LogP contribution in [0, 0.1) is 6.92 Å². The second-order valence-electron chi connectivity index (χ2n) is 6.17. The molecule has 3 rings (SSSR count). The van der Waals surface area contributed by atoms with Crippen molar-refractivity contribution < 1.29 is 9.90 Å². The molecule has 1 saturated heterocycles. The van der Waals surface area contributed by atoms with Gasteiger partial charge in [-0.2, -0.15) is 0 Å². The molecule has 1 aliphatic rings. The third kappa shape index (κ3) is 3.16. The van der Waals surface area contributed by atoms with Crippen molar-refractivity contribution in [1.82, 2.24) is 9.97 Å². The largest absolute Gasteiger partial charge is 0.394 e. The number of halogens is 2. The number of aliphatic hydroxyl groups is 1. The fourth-order valence-electron chi connectivity index (χ4n) is 2.85. The SMILES string of the molecule is Cc1nc(N2CC(N)(CO)C2)nc(C(N)=O)c1-c1cccc(Cl)c1Cl. The lowest BCUT2D eigenvalue weighted by Gasteiger charge is -2.46. The van der Waals surface area contributed by atoms with Gasteiger partial charge in [0.25, 0.3) is 5.91 Å². The number of aromatic nitrogens is 2. The average molecular weight is 382 g/mol. The van der Waals surface area contributed by atoms with Crippen molar-refractivity contribution in [2.24, 2.45) is 11.5 Å². The van der Waals surface area contributed by atoms with Gasteiger partial charge in [0.05, 0.1) is 27.9 Å². The van der Waals surface area contributed by atoms with E-state index in [1.54, 1.807) is 30.0 Å². The zero-order valence-electron chi connectivity index (χ0n) is 13.5. The van der Waals surface area contributed by atoms with E-state index in [2.05, 4.69) is 9.97 Å². The van der Waals surface area contributed by atoms with E-state index in [4.69, 9.17) is 34.7 Å². The van der Waals surface area contributed by atoms with Crippen LogP contribution in [-0.2, 0) is 0 Å². The molecule has 7 nitrogen and oxygen atoms in total. The first kappa shape index (κ1) is 17.9. The predicted octanol–water partition coefficient (Wildman–Crippen LogP) is 1.37. The minimum atomic E-state index is -0.695. The highest BCUT2D eigenvalue weighted by molar-refractivity contribution is 6.43. The summed E-state index contributed by atoms with van der Waals surface area (Å²) in [6, 6.07) is 5.10. The number of nitrogens with zero attached hydrogens (tertiary/aromatic N) is 3. The number of amides is 1. The summed E-state index contributed by atoms with van der Waals surface area (Å²) in [5, 5.41) is 9.92. The van der Waals surface area contributed by atoms with Crippen molar-refractivity contribution in [2.45, 2.75) is 12.5 Å². The molecule has 0 bridgehead atoms. The second kappa shape index (κ2) is 6.42. The van der Waals surface area contributed by atoms with Crippen molar-refractivity contribution in [3.63, 3.8) is 0 Å². The normalized spacial score (nSPS) is 15.8. The van der Waals surface area contributed by atoms with Crippen LogP contribution in [-0.4, -0.2) is 46.2 Å². The number of aliphatic hydroxyl groups excluding tert-OH is 1. The minimum absolute atomic E-state index is 0.0604. The Kier molecular flexibility index (Phi) is 4.59. The van der Waals surface area contributed by atoms with E-state index in [0.29, 0.717) is 45.9 Å². The van der Waals surface area contributed by atoms with E-state index in [1.807, 2.05) is 0 Å². The number of rotatable bonds is 4. The van der Waals surface area contributed by atoms with Crippen LogP contribution in [0.15, 0.2) is 18.2 Å². The third-order valence-corrected chi connectivity index (χ3v) is 4.96. The Morgan fingerprint density at radius 3 is 2.64 bits per heavy atom. The van der Waals surface area contributed by atoms with Crippen molar-refractivity contribution >= 4 is 35.1 Å². The van der Waals surface area contributed by atoms with Crippen molar-refractivity contribution in [2.75, 3.05) is 24.6 Å². The van der Waals surface area contributed by atoms with E-state index in [1.165, 1.54) is 0 Å². The molecule has 2 aromatic rings. The lowest BCUT2D eigenvalue weighted by atomic mass is 9.92. The molecular weight excluding hydrogens is 365 g/mol. The number of primary amides is 1. The van der Waals surface area contributed by atoms with E-state index >= 15 is 0 Å². The molecule has 0 radical (unpaired) electrons. The van der Waals surface area contributed by atoms with Crippen LogP contribution in [0.2, 0.25) is 10.0 Å². The monoisotopic (exact) mass is 381 g/mol. The van der Waals surface area contributed by atoms with Crippen molar-refractivity contribution in [3.05, 3.63) is 39.6 Å². The lowest BCUT2D eigenvalue weighted by Crippen LogP contribution is -2.70. The summed E-state index contributed by atoms with van der Waals surface area (Å²) in [6.07, 6.45) is 0. The zero-order chi connectivity index (χ0) is 18.4. The van der Waals surface area contributed by atoms with Gasteiger partial charge in [-0.1, -0.05) is 35.3 Å². The first-order chi connectivity index (χ1) is 11.8. The molecule has 1 aromatic heterocycles. The summed E-state index contributed by atoms with van der Waals surface area (Å²) >= 11 is 12.4. The van der Waals surface area contributed by atoms with Gasteiger partial charge in [0.15, 0.2) is 0 Å². The Balaban J connectivity index is 2.09. The van der Waals surface area contributed by atoms with Crippen LogP contribution < -0.4 is 16.4 Å². The smallest absolute Gasteiger partial charge is 0.268 e. The third-order valence-electron chi connectivity index (χ3n) is 4.14. The number of benzene rings is 1. The number of anilines is 1. The summed E-state index contributed by atoms with van der Waals surface area (Å²) in [5.41, 5.74) is 12.4. The summed E-state index contributed by atoms with van der Waals surface area (Å²) < 4.78 is 0. The standard InChI is InChI=1S/C16H17Cl2N5O2/c1-8-11(9-3-2-4-10(17)12(9)18)13(14(19)25)22-15(21-8)23-5-16(20,6-23)7-24/h2-4,24H,5-7,20H2,1H3,(H2,19,25). The number of hydrogen-bond acceptors (Lipinski definition) is 6. The lowest BCUT2D eigenvalue weighted by molar-refractivity contribution is 0.0996. The average Bonchev–Trinajstić information content (AvgIpc) is 2.54. The van der Waals surface area contributed by atoms with Gasteiger partial charge in [-0.15, -0.1) is 0 Å². The van der Waals surface area contributed by atoms with Gasteiger partial charge in [0, 0.05) is 24.2 Å². The summed E-state index contributed by atoms with van der Waals surface area (Å²) in [6.45, 7) is 2.38. The van der Waals surface area contributed by atoms with Gasteiger partial charge >= 0.3 is 0 Å².